The van der Waals surface area contributed by atoms with Crippen molar-refractivity contribution in [3.63, 3.8) is 0 Å². The van der Waals surface area contributed by atoms with Crippen LogP contribution in [-0.4, -0.2) is 77.5 Å². The number of likely N-dealkylation sites (tertiary alicyclic amines) is 1. The van der Waals surface area contributed by atoms with E-state index in [0.29, 0.717) is 32.5 Å². The molecule has 0 unspecified atom stereocenters. The van der Waals surface area contributed by atoms with E-state index in [-0.39, 0.29) is 11.8 Å². The van der Waals surface area contributed by atoms with Gasteiger partial charge in [0.15, 0.2) is 0 Å². The first-order chi connectivity index (χ1) is 12.1. The van der Waals surface area contributed by atoms with Gasteiger partial charge in [-0.25, -0.2) is 0 Å². The van der Waals surface area contributed by atoms with Crippen LogP contribution in [0, 0.1) is 5.92 Å². The molecule has 1 aromatic carbocycles. The van der Waals surface area contributed by atoms with E-state index in [1.807, 2.05) is 11.0 Å². The van der Waals surface area contributed by atoms with Gasteiger partial charge in [0, 0.05) is 32.7 Å². The van der Waals surface area contributed by atoms with Crippen LogP contribution >= 0.6 is 0 Å². The second-order valence-electron chi connectivity index (χ2n) is 7.03. The Labute approximate surface area is 149 Å². The number of carboxylic acid groups (broad SMARTS) is 1. The van der Waals surface area contributed by atoms with E-state index >= 15 is 0 Å². The number of benzene rings is 1. The van der Waals surface area contributed by atoms with Crippen LogP contribution in [0.15, 0.2) is 30.3 Å². The zero-order valence-electron chi connectivity index (χ0n) is 14.6. The molecular formula is C19H27N3O3. The highest BCUT2D eigenvalue weighted by Gasteiger charge is 2.27. The molecule has 0 saturated carbocycles. The molecule has 6 heteroatoms. The van der Waals surface area contributed by atoms with Crippen molar-refractivity contribution in [3.8, 4) is 0 Å². The summed E-state index contributed by atoms with van der Waals surface area (Å²) in [4.78, 5) is 29.9. The molecule has 1 aromatic rings. The van der Waals surface area contributed by atoms with Gasteiger partial charge in [-0.2, -0.15) is 0 Å². The Morgan fingerprint density at radius 1 is 0.920 bits per heavy atom. The van der Waals surface area contributed by atoms with Crippen LogP contribution in [0.3, 0.4) is 0 Å². The summed E-state index contributed by atoms with van der Waals surface area (Å²) in [6, 6.07) is 10.4. The first-order valence-corrected chi connectivity index (χ1v) is 9.11. The van der Waals surface area contributed by atoms with Crippen molar-refractivity contribution in [2.75, 3.05) is 45.8 Å². The Morgan fingerprint density at radius 3 is 2.16 bits per heavy atom. The molecule has 0 bridgehead atoms. The van der Waals surface area contributed by atoms with E-state index in [4.69, 9.17) is 5.11 Å². The molecule has 2 aliphatic rings. The van der Waals surface area contributed by atoms with Crippen LogP contribution in [0.4, 0.5) is 0 Å². The maximum atomic E-state index is 12.5. The van der Waals surface area contributed by atoms with Crippen LogP contribution in [-0.2, 0) is 16.1 Å². The number of hydrogen-bond acceptors (Lipinski definition) is 4. The van der Waals surface area contributed by atoms with Crippen LogP contribution in [0.2, 0.25) is 0 Å². The van der Waals surface area contributed by atoms with Crippen LogP contribution < -0.4 is 0 Å². The molecule has 0 aliphatic carbocycles. The number of rotatable bonds is 5. The van der Waals surface area contributed by atoms with Crippen molar-refractivity contribution >= 4 is 11.9 Å². The number of aliphatic carboxylic acids is 1. The fourth-order valence-electron chi connectivity index (χ4n) is 3.63. The molecule has 1 N–H and O–H groups in total. The Hall–Kier alpha value is -1.92. The summed E-state index contributed by atoms with van der Waals surface area (Å²) >= 11 is 0. The summed E-state index contributed by atoms with van der Waals surface area (Å²) in [6.45, 7) is 6.13. The first-order valence-electron chi connectivity index (χ1n) is 9.11. The third kappa shape index (κ3) is 5.03. The quantitative estimate of drug-likeness (QED) is 0.867. The molecule has 136 valence electrons. The van der Waals surface area contributed by atoms with Crippen LogP contribution in [0.1, 0.15) is 18.4 Å². The lowest BCUT2D eigenvalue weighted by atomic mass is 9.97. The van der Waals surface area contributed by atoms with E-state index in [1.165, 1.54) is 5.56 Å². The van der Waals surface area contributed by atoms with Gasteiger partial charge in [0.2, 0.25) is 5.91 Å². The lowest BCUT2D eigenvalue weighted by molar-refractivity contribution is -0.143. The highest BCUT2D eigenvalue weighted by Crippen LogP contribution is 2.17. The van der Waals surface area contributed by atoms with Crippen LogP contribution in [0.5, 0.6) is 0 Å². The summed E-state index contributed by atoms with van der Waals surface area (Å²) < 4.78 is 0. The maximum absolute atomic E-state index is 12.5. The summed E-state index contributed by atoms with van der Waals surface area (Å²) in [5, 5.41) is 9.04. The lowest BCUT2D eigenvalue weighted by Gasteiger charge is -2.36. The number of piperidine rings is 1. The second-order valence-corrected chi connectivity index (χ2v) is 7.03. The average Bonchev–Trinajstić information content (AvgIpc) is 2.63. The van der Waals surface area contributed by atoms with Crippen molar-refractivity contribution in [3.05, 3.63) is 35.9 Å². The average molecular weight is 345 g/mol. The lowest BCUT2D eigenvalue weighted by Crippen LogP contribution is -2.51. The summed E-state index contributed by atoms with van der Waals surface area (Å²) in [5.41, 5.74) is 1.31. The van der Waals surface area contributed by atoms with Gasteiger partial charge in [-0.15, -0.1) is 0 Å². The van der Waals surface area contributed by atoms with Gasteiger partial charge in [0.05, 0.1) is 12.5 Å². The Bertz CT molecular complexity index is 577. The standard InChI is InChI=1S/C19H27N3O3/c23-18(15-20-8-6-17(7-9-20)19(24)25)22-12-10-21(11-13-22)14-16-4-2-1-3-5-16/h1-5,17H,6-15H2,(H,24,25). The maximum Gasteiger partial charge on any atom is 0.306 e. The third-order valence-corrected chi connectivity index (χ3v) is 5.27. The number of amides is 1. The van der Waals surface area contributed by atoms with Crippen molar-refractivity contribution in [1.29, 1.82) is 0 Å². The van der Waals surface area contributed by atoms with Gasteiger partial charge in [-0.1, -0.05) is 30.3 Å². The molecule has 3 rings (SSSR count). The Kier molecular flexibility index (Phi) is 6.04. The predicted molar refractivity (Wildman–Crippen MR) is 95.1 cm³/mol. The number of nitrogens with zero attached hydrogens (tertiary/aromatic N) is 3. The monoisotopic (exact) mass is 345 g/mol. The van der Waals surface area contributed by atoms with Gasteiger partial charge >= 0.3 is 5.97 Å². The van der Waals surface area contributed by atoms with Crippen molar-refractivity contribution in [1.82, 2.24) is 14.7 Å². The van der Waals surface area contributed by atoms with Crippen molar-refractivity contribution in [2.45, 2.75) is 19.4 Å². The van der Waals surface area contributed by atoms with Crippen molar-refractivity contribution in [2.24, 2.45) is 5.92 Å². The van der Waals surface area contributed by atoms with Gasteiger partial charge in [0.25, 0.3) is 0 Å². The molecule has 0 aromatic heterocycles. The summed E-state index contributed by atoms with van der Waals surface area (Å²) in [7, 11) is 0. The van der Waals surface area contributed by atoms with E-state index < -0.39 is 5.97 Å². The smallest absolute Gasteiger partial charge is 0.306 e. The molecule has 2 fully saturated rings. The fourth-order valence-corrected chi connectivity index (χ4v) is 3.63. The summed E-state index contributed by atoms with van der Waals surface area (Å²) in [5.74, 6) is -0.776. The topological polar surface area (TPSA) is 64.1 Å². The normalized spacial score (nSPS) is 20.6. The number of carbonyl (C=O) groups is 2. The third-order valence-electron chi connectivity index (χ3n) is 5.27. The minimum atomic E-state index is -0.708. The van der Waals surface area contributed by atoms with Crippen molar-refractivity contribution < 1.29 is 14.7 Å². The molecular weight excluding hydrogens is 318 g/mol. The number of piperazine rings is 1. The molecule has 2 aliphatic heterocycles. The van der Waals surface area contributed by atoms with E-state index in [2.05, 4.69) is 34.1 Å². The molecule has 0 atom stereocenters. The minimum absolute atomic E-state index is 0.174. The van der Waals surface area contributed by atoms with Gasteiger partial charge in [0.1, 0.15) is 0 Å². The second kappa shape index (κ2) is 8.45. The SMILES string of the molecule is O=C(O)C1CCN(CC(=O)N2CCN(Cc3ccccc3)CC2)CC1. The molecule has 1 amide bonds. The minimum Gasteiger partial charge on any atom is -0.481 e. The highest BCUT2D eigenvalue weighted by atomic mass is 16.4. The molecule has 2 heterocycles. The molecule has 0 radical (unpaired) electrons. The zero-order valence-corrected chi connectivity index (χ0v) is 14.6. The first kappa shape index (κ1) is 17.9. The fraction of sp³-hybridized carbons (Fsp3) is 0.579. The largest absolute Gasteiger partial charge is 0.481 e. The Morgan fingerprint density at radius 2 is 1.56 bits per heavy atom. The molecule has 25 heavy (non-hydrogen) atoms. The Balaban J connectivity index is 1.39. The number of carboxylic acids is 1. The van der Waals surface area contributed by atoms with Gasteiger partial charge in [-0.05, 0) is 31.5 Å². The van der Waals surface area contributed by atoms with Gasteiger partial charge in [-0.3, -0.25) is 19.4 Å². The molecule has 6 nitrogen and oxygen atoms in total. The van der Waals surface area contributed by atoms with E-state index in [1.54, 1.807) is 0 Å². The van der Waals surface area contributed by atoms with Gasteiger partial charge < -0.3 is 10.0 Å². The van der Waals surface area contributed by atoms with Crippen LogP contribution in [0.25, 0.3) is 0 Å². The number of hydrogen-bond donors (Lipinski definition) is 1. The number of carbonyl (C=O) groups excluding carboxylic acids is 1. The highest BCUT2D eigenvalue weighted by molar-refractivity contribution is 5.78. The molecule has 2 saturated heterocycles. The van der Waals surface area contributed by atoms with E-state index in [9.17, 15) is 9.59 Å². The predicted octanol–water partition coefficient (Wildman–Crippen LogP) is 1.13. The molecule has 0 spiro atoms. The zero-order chi connectivity index (χ0) is 17.6. The van der Waals surface area contributed by atoms with E-state index in [0.717, 1.165) is 32.7 Å². The summed E-state index contributed by atoms with van der Waals surface area (Å²) in [6.07, 6.45) is 1.29.